The third-order valence-electron chi connectivity index (χ3n) is 6.29. The average molecular weight is 567 g/mol. The minimum absolute atomic E-state index is 0.000128. The van der Waals surface area contributed by atoms with Gasteiger partial charge >= 0.3 is 0 Å². The highest BCUT2D eigenvalue weighted by Gasteiger charge is 2.24. The van der Waals surface area contributed by atoms with Gasteiger partial charge < -0.3 is 10.2 Å². The number of nitrogens with zero attached hydrogens (tertiary/aromatic N) is 4. The van der Waals surface area contributed by atoms with Crippen molar-refractivity contribution in [2.24, 2.45) is 0 Å². The number of rotatable bonds is 7. The van der Waals surface area contributed by atoms with Crippen LogP contribution in [-0.2, 0) is 17.8 Å². The van der Waals surface area contributed by atoms with E-state index in [-0.39, 0.29) is 24.1 Å². The van der Waals surface area contributed by atoms with Gasteiger partial charge in [0.05, 0.1) is 28.0 Å². The van der Waals surface area contributed by atoms with Crippen molar-refractivity contribution in [2.45, 2.75) is 31.5 Å². The molecule has 2 amide bonds. The van der Waals surface area contributed by atoms with Crippen molar-refractivity contribution < 1.29 is 9.59 Å². The number of para-hydroxylation sites is 1. The topological polar surface area (TPSA) is 80.1 Å². The molecule has 38 heavy (non-hydrogen) atoms. The standard InChI is InChI=1S/C28H25Cl2N5O2S/c1-18-6-4-8-20(14-18)27(37)31-16-25-32-33-28(35(25)21-11-12-22(29)23(30)15-21)38-17-26(36)34-13-5-9-19-7-2-3-10-24(19)34/h2-4,6-8,10-12,14-15H,5,9,13,16-17H2,1H3,(H,31,37). The Morgan fingerprint density at radius 2 is 1.84 bits per heavy atom. The van der Waals surface area contributed by atoms with Crippen LogP contribution >= 0.6 is 35.0 Å². The van der Waals surface area contributed by atoms with E-state index >= 15 is 0 Å². The first kappa shape index (κ1) is 26.3. The highest BCUT2D eigenvalue weighted by atomic mass is 35.5. The smallest absolute Gasteiger partial charge is 0.251 e. The minimum atomic E-state index is -0.217. The molecule has 1 aromatic heterocycles. The second-order valence-corrected chi connectivity index (χ2v) is 10.7. The Labute approximate surface area is 235 Å². The predicted octanol–water partition coefficient (Wildman–Crippen LogP) is 5.88. The summed E-state index contributed by atoms with van der Waals surface area (Å²) in [5.41, 5.74) is 4.39. The Hall–Kier alpha value is -3.33. The molecule has 10 heteroatoms. The van der Waals surface area contributed by atoms with E-state index < -0.39 is 0 Å². The molecule has 0 aliphatic carbocycles. The van der Waals surface area contributed by atoms with E-state index in [4.69, 9.17) is 23.2 Å². The van der Waals surface area contributed by atoms with Crippen LogP contribution in [0.15, 0.2) is 71.9 Å². The van der Waals surface area contributed by atoms with Crippen molar-refractivity contribution in [2.75, 3.05) is 17.2 Å². The first-order chi connectivity index (χ1) is 18.4. The van der Waals surface area contributed by atoms with Crippen molar-refractivity contribution in [3.05, 3.63) is 99.3 Å². The molecule has 0 atom stereocenters. The van der Waals surface area contributed by atoms with Gasteiger partial charge in [-0.05, 0) is 61.7 Å². The van der Waals surface area contributed by atoms with Crippen LogP contribution in [0.5, 0.6) is 0 Å². The molecule has 3 aromatic carbocycles. The predicted molar refractivity (Wildman–Crippen MR) is 152 cm³/mol. The lowest BCUT2D eigenvalue weighted by molar-refractivity contribution is -0.116. The zero-order valence-corrected chi connectivity index (χ0v) is 23.0. The van der Waals surface area contributed by atoms with E-state index in [0.717, 1.165) is 24.1 Å². The van der Waals surface area contributed by atoms with Gasteiger partial charge in [0.1, 0.15) is 0 Å². The molecule has 1 aliphatic rings. The number of aromatic nitrogens is 3. The van der Waals surface area contributed by atoms with Gasteiger partial charge in [0.2, 0.25) is 5.91 Å². The van der Waals surface area contributed by atoms with Gasteiger partial charge in [-0.3, -0.25) is 14.2 Å². The van der Waals surface area contributed by atoms with Crippen molar-refractivity contribution in [3.8, 4) is 5.69 Å². The monoisotopic (exact) mass is 565 g/mol. The lowest BCUT2D eigenvalue weighted by atomic mass is 10.0. The molecule has 194 valence electrons. The molecule has 0 fully saturated rings. The second-order valence-electron chi connectivity index (χ2n) is 8.95. The van der Waals surface area contributed by atoms with Crippen LogP contribution in [0, 0.1) is 6.92 Å². The molecule has 0 bridgehead atoms. The van der Waals surface area contributed by atoms with Crippen LogP contribution in [0.3, 0.4) is 0 Å². The summed E-state index contributed by atoms with van der Waals surface area (Å²) in [5.74, 6) is 0.469. The highest BCUT2D eigenvalue weighted by Crippen LogP contribution is 2.30. The van der Waals surface area contributed by atoms with Gasteiger partial charge in [-0.25, -0.2) is 0 Å². The molecule has 4 aromatic rings. The quantitative estimate of drug-likeness (QED) is 0.283. The number of fused-ring (bicyclic) bond motifs is 1. The van der Waals surface area contributed by atoms with Crippen molar-refractivity contribution in [3.63, 3.8) is 0 Å². The van der Waals surface area contributed by atoms with Gasteiger partial charge in [-0.15, -0.1) is 10.2 Å². The normalized spacial score (nSPS) is 12.8. The lowest BCUT2D eigenvalue weighted by Gasteiger charge is -2.29. The number of nitrogens with one attached hydrogen (secondary N) is 1. The Bertz CT molecular complexity index is 1510. The Balaban J connectivity index is 1.37. The third kappa shape index (κ3) is 5.72. The lowest BCUT2D eigenvalue weighted by Crippen LogP contribution is -2.36. The van der Waals surface area contributed by atoms with Gasteiger partial charge in [0, 0.05) is 17.8 Å². The van der Waals surface area contributed by atoms with E-state index in [2.05, 4.69) is 21.6 Å². The van der Waals surface area contributed by atoms with E-state index in [1.54, 1.807) is 28.8 Å². The Morgan fingerprint density at radius 1 is 1.00 bits per heavy atom. The summed E-state index contributed by atoms with van der Waals surface area (Å²) in [6, 6.07) is 20.6. The maximum atomic E-state index is 13.2. The summed E-state index contributed by atoms with van der Waals surface area (Å²) in [5, 5.41) is 12.9. The largest absolute Gasteiger partial charge is 0.345 e. The maximum absolute atomic E-state index is 13.2. The molecular weight excluding hydrogens is 541 g/mol. The number of anilines is 1. The number of aryl methyl sites for hydroxylation is 2. The molecule has 0 saturated heterocycles. The summed E-state index contributed by atoms with van der Waals surface area (Å²) in [7, 11) is 0. The average Bonchev–Trinajstić information content (AvgIpc) is 3.34. The first-order valence-corrected chi connectivity index (χ1v) is 13.9. The van der Waals surface area contributed by atoms with E-state index in [1.165, 1.54) is 17.3 Å². The molecule has 0 saturated carbocycles. The number of thioether (sulfide) groups is 1. The zero-order valence-electron chi connectivity index (χ0n) is 20.7. The molecular formula is C28H25Cl2N5O2S. The third-order valence-corrected chi connectivity index (χ3v) is 7.94. The molecule has 7 nitrogen and oxygen atoms in total. The van der Waals surface area contributed by atoms with Crippen LogP contribution in [-0.4, -0.2) is 38.9 Å². The van der Waals surface area contributed by atoms with Crippen molar-refractivity contribution in [1.82, 2.24) is 20.1 Å². The fourth-order valence-electron chi connectivity index (χ4n) is 4.44. The van der Waals surface area contributed by atoms with Gasteiger partial charge in [-0.1, -0.05) is 70.9 Å². The second kappa shape index (κ2) is 11.6. The molecule has 0 spiro atoms. The minimum Gasteiger partial charge on any atom is -0.345 e. The van der Waals surface area contributed by atoms with Crippen LogP contribution in [0.2, 0.25) is 10.0 Å². The van der Waals surface area contributed by atoms with Crippen LogP contribution in [0.25, 0.3) is 5.69 Å². The number of halogens is 2. The fraction of sp³-hybridized carbons (Fsp3) is 0.214. The van der Waals surface area contributed by atoms with Crippen LogP contribution in [0.4, 0.5) is 5.69 Å². The first-order valence-electron chi connectivity index (χ1n) is 12.2. The van der Waals surface area contributed by atoms with Crippen molar-refractivity contribution >= 4 is 52.5 Å². The Kier molecular flexibility index (Phi) is 8.02. The van der Waals surface area contributed by atoms with Gasteiger partial charge in [0.15, 0.2) is 11.0 Å². The highest BCUT2D eigenvalue weighted by molar-refractivity contribution is 7.99. The number of hydrogen-bond donors (Lipinski definition) is 1. The molecule has 1 aliphatic heterocycles. The molecule has 0 radical (unpaired) electrons. The Morgan fingerprint density at radius 3 is 2.66 bits per heavy atom. The van der Waals surface area contributed by atoms with E-state index in [0.29, 0.717) is 38.8 Å². The molecule has 2 heterocycles. The molecule has 5 rings (SSSR count). The number of amides is 2. The summed E-state index contributed by atoms with van der Waals surface area (Å²) in [4.78, 5) is 27.8. The number of carbonyl (C=O) groups is 2. The SMILES string of the molecule is Cc1cccc(C(=O)NCc2nnc(SCC(=O)N3CCCc4ccccc43)n2-c2ccc(Cl)c(Cl)c2)c1. The summed E-state index contributed by atoms with van der Waals surface area (Å²) in [6.45, 7) is 2.76. The van der Waals surface area contributed by atoms with Gasteiger partial charge in [-0.2, -0.15) is 0 Å². The number of carbonyl (C=O) groups excluding carboxylic acids is 2. The molecule has 1 N–H and O–H groups in total. The number of benzene rings is 3. The van der Waals surface area contributed by atoms with E-state index in [1.807, 2.05) is 48.2 Å². The summed E-state index contributed by atoms with van der Waals surface area (Å²) < 4.78 is 1.79. The zero-order chi connectivity index (χ0) is 26.6. The van der Waals surface area contributed by atoms with Crippen LogP contribution in [0.1, 0.15) is 33.7 Å². The van der Waals surface area contributed by atoms with E-state index in [9.17, 15) is 9.59 Å². The van der Waals surface area contributed by atoms with Crippen molar-refractivity contribution in [1.29, 1.82) is 0 Å². The number of hydrogen-bond acceptors (Lipinski definition) is 5. The summed E-state index contributed by atoms with van der Waals surface area (Å²) in [6.07, 6.45) is 1.90. The van der Waals surface area contributed by atoms with Gasteiger partial charge in [0.25, 0.3) is 5.91 Å². The molecule has 0 unspecified atom stereocenters. The summed E-state index contributed by atoms with van der Waals surface area (Å²) >= 11 is 13.8. The fourth-order valence-corrected chi connectivity index (χ4v) is 5.58. The maximum Gasteiger partial charge on any atom is 0.251 e. The van der Waals surface area contributed by atoms with Crippen LogP contribution < -0.4 is 10.2 Å².